The second kappa shape index (κ2) is 8.50. The number of fused-ring (bicyclic) bond motifs is 1. The molecule has 156 valence electrons. The van der Waals surface area contributed by atoms with Crippen molar-refractivity contribution in [3.63, 3.8) is 0 Å². The molecule has 0 saturated carbocycles. The third kappa shape index (κ3) is 4.35. The van der Waals surface area contributed by atoms with Crippen LogP contribution in [0, 0.1) is 0 Å². The molecule has 1 N–H and O–H groups in total. The fraction of sp³-hybridized carbons (Fsp3) is 0.304. The van der Waals surface area contributed by atoms with Crippen molar-refractivity contribution < 1.29 is 14.3 Å². The molecule has 4 rings (SSSR count). The Labute approximate surface area is 181 Å². The van der Waals surface area contributed by atoms with E-state index in [9.17, 15) is 9.59 Å². The Balaban J connectivity index is 1.40. The maximum absolute atomic E-state index is 12.7. The number of benzene rings is 2. The smallest absolute Gasteiger partial charge is 0.255 e. The van der Waals surface area contributed by atoms with Gasteiger partial charge in [0.25, 0.3) is 11.8 Å². The molecule has 2 aromatic carbocycles. The molecule has 30 heavy (non-hydrogen) atoms. The van der Waals surface area contributed by atoms with E-state index in [2.05, 4.69) is 10.2 Å². The fourth-order valence-electron chi connectivity index (χ4n) is 3.72. The van der Waals surface area contributed by atoms with Gasteiger partial charge in [0, 0.05) is 41.0 Å². The second-order valence-electron chi connectivity index (χ2n) is 7.83. The van der Waals surface area contributed by atoms with Crippen molar-refractivity contribution in [2.45, 2.75) is 12.5 Å². The molecule has 2 aliphatic heterocycles. The molecule has 2 heterocycles. The number of halogens is 1. The van der Waals surface area contributed by atoms with Crippen molar-refractivity contribution in [3.05, 3.63) is 64.2 Å². The molecular formula is C23H24ClN3O3. The third-order valence-electron chi connectivity index (χ3n) is 5.55. The molecule has 1 atom stereocenters. The van der Waals surface area contributed by atoms with Gasteiger partial charge in [-0.1, -0.05) is 11.6 Å². The van der Waals surface area contributed by atoms with Gasteiger partial charge in [0.1, 0.15) is 12.4 Å². The van der Waals surface area contributed by atoms with Crippen molar-refractivity contribution in [1.29, 1.82) is 0 Å². The zero-order valence-corrected chi connectivity index (χ0v) is 17.8. The summed E-state index contributed by atoms with van der Waals surface area (Å²) < 4.78 is 5.64. The molecule has 0 aliphatic carbocycles. The van der Waals surface area contributed by atoms with Crippen LogP contribution in [-0.4, -0.2) is 61.4 Å². The van der Waals surface area contributed by atoms with E-state index in [1.807, 2.05) is 19.0 Å². The van der Waals surface area contributed by atoms with E-state index < -0.39 is 0 Å². The molecule has 6 nitrogen and oxygen atoms in total. The Bertz CT molecular complexity index is 1000. The van der Waals surface area contributed by atoms with E-state index in [1.54, 1.807) is 48.5 Å². The number of hydrogen-bond acceptors (Lipinski definition) is 4. The molecule has 2 aliphatic rings. The molecule has 7 heteroatoms. The van der Waals surface area contributed by atoms with Crippen LogP contribution in [-0.2, 0) is 4.79 Å². The van der Waals surface area contributed by atoms with E-state index in [4.69, 9.17) is 16.3 Å². The Morgan fingerprint density at radius 1 is 1.17 bits per heavy atom. The number of anilines is 1. The number of carbonyl (C=O) groups is 2. The highest BCUT2D eigenvalue weighted by Gasteiger charge is 2.28. The molecule has 1 saturated heterocycles. The van der Waals surface area contributed by atoms with E-state index in [0.717, 1.165) is 25.1 Å². The molecule has 0 bridgehead atoms. The monoisotopic (exact) mass is 425 g/mol. The number of likely N-dealkylation sites (N-methyl/N-ethyl adjacent to an activating group) is 1. The largest absolute Gasteiger partial charge is 0.488 e. The van der Waals surface area contributed by atoms with Crippen LogP contribution in [0.15, 0.2) is 48.0 Å². The third-order valence-corrected chi connectivity index (χ3v) is 5.78. The topological polar surface area (TPSA) is 61.9 Å². The van der Waals surface area contributed by atoms with Crippen LogP contribution in [0.5, 0.6) is 5.75 Å². The van der Waals surface area contributed by atoms with E-state index in [-0.39, 0.29) is 18.4 Å². The molecule has 1 unspecified atom stereocenters. The Kier molecular flexibility index (Phi) is 5.79. The highest BCUT2D eigenvalue weighted by atomic mass is 35.5. The van der Waals surface area contributed by atoms with Gasteiger partial charge in [-0.15, -0.1) is 0 Å². The zero-order chi connectivity index (χ0) is 21.3. The number of likely N-dealkylation sites (tertiary alicyclic amines) is 1. The maximum Gasteiger partial charge on any atom is 0.255 e. The predicted octanol–water partition coefficient (Wildman–Crippen LogP) is 3.53. The molecule has 0 spiro atoms. The van der Waals surface area contributed by atoms with Gasteiger partial charge in [-0.3, -0.25) is 9.59 Å². The average Bonchev–Trinajstić information content (AvgIpc) is 3.24. The fourth-order valence-corrected chi connectivity index (χ4v) is 3.90. The lowest BCUT2D eigenvalue weighted by atomic mass is 10.1. The van der Waals surface area contributed by atoms with E-state index in [1.165, 1.54) is 0 Å². The molecule has 0 aromatic heterocycles. The number of rotatable bonds is 4. The molecule has 2 amide bonds. The molecule has 1 fully saturated rings. The summed E-state index contributed by atoms with van der Waals surface area (Å²) in [6.45, 7) is 1.70. The highest BCUT2D eigenvalue weighted by Crippen LogP contribution is 2.29. The highest BCUT2D eigenvalue weighted by molar-refractivity contribution is 6.30. The first-order valence-electron chi connectivity index (χ1n) is 9.91. The Morgan fingerprint density at radius 3 is 2.63 bits per heavy atom. The predicted molar refractivity (Wildman–Crippen MR) is 118 cm³/mol. The lowest BCUT2D eigenvalue weighted by Crippen LogP contribution is -2.34. The lowest BCUT2D eigenvalue weighted by molar-refractivity contribution is -0.113. The lowest BCUT2D eigenvalue weighted by Gasteiger charge is -2.20. The summed E-state index contributed by atoms with van der Waals surface area (Å²) in [5.74, 6) is 0.486. The summed E-state index contributed by atoms with van der Waals surface area (Å²) in [6, 6.07) is 12.7. The number of nitrogens with one attached hydrogen (secondary N) is 1. The zero-order valence-electron chi connectivity index (χ0n) is 17.0. The van der Waals surface area contributed by atoms with Gasteiger partial charge in [0.05, 0.1) is 5.57 Å². The number of ether oxygens (including phenoxy) is 1. The van der Waals surface area contributed by atoms with Gasteiger partial charge < -0.3 is 19.9 Å². The van der Waals surface area contributed by atoms with Gasteiger partial charge in [-0.2, -0.15) is 0 Å². The molecule has 0 radical (unpaired) electrons. The van der Waals surface area contributed by atoms with Crippen molar-refractivity contribution in [1.82, 2.24) is 9.80 Å². The Hall–Kier alpha value is -2.83. The van der Waals surface area contributed by atoms with Gasteiger partial charge in [0.2, 0.25) is 0 Å². The number of carbonyl (C=O) groups excluding carboxylic acids is 2. The van der Waals surface area contributed by atoms with Gasteiger partial charge in [0.15, 0.2) is 0 Å². The average molecular weight is 426 g/mol. The minimum Gasteiger partial charge on any atom is -0.488 e. The Morgan fingerprint density at radius 2 is 1.93 bits per heavy atom. The van der Waals surface area contributed by atoms with Crippen LogP contribution in [0.3, 0.4) is 0 Å². The number of nitrogens with zero attached hydrogens (tertiary/aromatic N) is 2. The SMILES string of the molecule is CN(C)C1CCN(C(=O)c2ccc(NC(=O)C3=Cc4cc(Cl)ccc4OC3)cc2)C1. The first-order valence-corrected chi connectivity index (χ1v) is 10.3. The van der Waals surface area contributed by atoms with Gasteiger partial charge >= 0.3 is 0 Å². The minimum atomic E-state index is -0.243. The summed E-state index contributed by atoms with van der Waals surface area (Å²) in [6.07, 6.45) is 2.77. The van der Waals surface area contributed by atoms with Crippen LogP contribution in [0.2, 0.25) is 5.02 Å². The van der Waals surface area contributed by atoms with E-state index in [0.29, 0.717) is 33.6 Å². The first kappa shape index (κ1) is 20.4. The van der Waals surface area contributed by atoms with Crippen LogP contribution >= 0.6 is 11.6 Å². The quantitative estimate of drug-likeness (QED) is 0.814. The first-order chi connectivity index (χ1) is 14.4. The summed E-state index contributed by atoms with van der Waals surface area (Å²) in [5.41, 5.74) is 2.54. The van der Waals surface area contributed by atoms with Crippen LogP contribution in [0.25, 0.3) is 6.08 Å². The normalized spacial score (nSPS) is 17.9. The van der Waals surface area contributed by atoms with E-state index >= 15 is 0 Å². The second-order valence-corrected chi connectivity index (χ2v) is 8.27. The van der Waals surface area contributed by atoms with Gasteiger partial charge in [-0.25, -0.2) is 0 Å². The minimum absolute atomic E-state index is 0.0223. The van der Waals surface area contributed by atoms with Crippen molar-refractivity contribution in [2.75, 3.05) is 39.1 Å². The summed E-state index contributed by atoms with van der Waals surface area (Å²) in [4.78, 5) is 29.4. The van der Waals surface area contributed by atoms with Crippen LogP contribution in [0.4, 0.5) is 5.69 Å². The summed E-state index contributed by atoms with van der Waals surface area (Å²) in [5, 5.41) is 3.45. The molecule has 2 aromatic rings. The van der Waals surface area contributed by atoms with Crippen LogP contribution in [0.1, 0.15) is 22.3 Å². The standard InChI is InChI=1S/C23H24ClN3O3/c1-26(2)20-9-10-27(13-20)23(29)15-3-6-19(7-4-15)25-22(28)17-11-16-12-18(24)5-8-21(16)30-14-17/h3-8,11-12,20H,9-10,13-14H2,1-2H3,(H,25,28). The van der Waals surface area contributed by atoms with Gasteiger partial charge in [-0.05, 0) is 69.1 Å². The van der Waals surface area contributed by atoms with Crippen molar-refractivity contribution in [3.8, 4) is 5.75 Å². The number of amides is 2. The van der Waals surface area contributed by atoms with Crippen molar-refractivity contribution in [2.24, 2.45) is 0 Å². The van der Waals surface area contributed by atoms with Crippen molar-refractivity contribution >= 4 is 35.2 Å². The summed E-state index contributed by atoms with van der Waals surface area (Å²) >= 11 is 6.03. The number of hydrogen-bond donors (Lipinski definition) is 1. The van der Waals surface area contributed by atoms with Crippen LogP contribution < -0.4 is 10.1 Å². The molecular weight excluding hydrogens is 402 g/mol. The maximum atomic E-state index is 12.7. The summed E-state index contributed by atoms with van der Waals surface area (Å²) in [7, 11) is 4.08.